The van der Waals surface area contributed by atoms with Gasteiger partial charge in [-0.25, -0.2) is 9.78 Å². The molecule has 9 nitrogen and oxygen atoms in total. The number of imidazole rings is 1. The van der Waals surface area contributed by atoms with Gasteiger partial charge in [0.25, 0.3) is 5.91 Å². The summed E-state index contributed by atoms with van der Waals surface area (Å²) in [5.41, 5.74) is 0.166. The Labute approximate surface area is 182 Å². The second kappa shape index (κ2) is 8.66. The highest BCUT2D eigenvalue weighted by atomic mass is 16.5. The molecule has 2 aromatic heterocycles. The zero-order valence-electron chi connectivity index (χ0n) is 18.3. The third-order valence-corrected chi connectivity index (χ3v) is 5.90. The summed E-state index contributed by atoms with van der Waals surface area (Å²) in [7, 11) is 1.77. The monoisotopic (exact) mass is 426 g/mol. The number of piperidine rings is 1. The summed E-state index contributed by atoms with van der Waals surface area (Å²) in [6.45, 7) is 5.85. The van der Waals surface area contributed by atoms with E-state index in [-0.39, 0.29) is 18.0 Å². The van der Waals surface area contributed by atoms with Gasteiger partial charge in [-0.05, 0) is 26.0 Å². The maximum Gasteiger partial charge on any atom is 0.317 e. The van der Waals surface area contributed by atoms with Crippen molar-refractivity contribution in [2.45, 2.75) is 57.5 Å². The van der Waals surface area contributed by atoms with Crippen LogP contribution in [0, 0.1) is 0 Å². The lowest BCUT2D eigenvalue weighted by Crippen LogP contribution is -2.56. The van der Waals surface area contributed by atoms with Crippen LogP contribution in [0.5, 0.6) is 0 Å². The topological polar surface area (TPSA) is 92.6 Å². The van der Waals surface area contributed by atoms with E-state index in [4.69, 9.17) is 4.74 Å². The largest absolute Gasteiger partial charge is 0.352 e. The zero-order chi connectivity index (χ0) is 22.0. The number of pyridine rings is 1. The summed E-state index contributed by atoms with van der Waals surface area (Å²) < 4.78 is 8.49. The van der Waals surface area contributed by atoms with Gasteiger partial charge >= 0.3 is 6.03 Å². The van der Waals surface area contributed by atoms with Crippen LogP contribution in [0.4, 0.5) is 4.79 Å². The van der Waals surface area contributed by atoms with Crippen LogP contribution in [-0.2, 0) is 28.2 Å². The lowest BCUT2D eigenvalue weighted by Gasteiger charge is -2.46. The SMILES string of the molecule is CC(C)NC(=O)N1CCC2(CC1)O[C@@H](C(=O)N(C)Cc1ccccn1)Cn1ccnc12. The quantitative estimate of drug-likeness (QED) is 0.804. The van der Waals surface area contributed by atoms with Crippen molar-refractivity contribution in [1.82, 2.24) is 29.7 Å². The van der Waals surface area contributed by atoms with E-state index in [1.54, 1.807) is 29.2 Å². The van der Waals surface area contributed by atoms with Crippen molar-refractivity contribution in [3.05, 3.63) is 48.3 Å². The number of hydrogen-bond acceptors (Lipinski definition) is 5. The normalized spacial score (nSPS) is 19.9. The minimum absolute atomic E-state index is 0.0632. The van der Waals surface area contributed by atoms with E-state index >= 15 is 0 Å². The van der Waals surface area contributed by atoms with E-state index in [1.807, 2.05) is 42.8 Å². The van der Waals surface area contributed by atoms with Crippen molar-refractivity contribution in [2.24, 2.45) is 0 Å². The van der Waals surface area contributed by atoms with Gasteiger partial charge < -0.3 is 24.4 Å². The second-order valence-electron chi connectivity index (χ2n) is 8.61. The van der Waals surface area contributed by atoms with Gasteiger partial charge in [0.2, 0.25) is 0 Å². The average Bonchev–Trinajstić information content (AvgIpc) is 3.23. The standard InChI is InChI=1S/C22H30N6O3/c1-16(2)25-21(30)27-11-7-22(8-12-27)20-24-10-13-28(20)15-18(31-22)19(29)26(3)14-17-6-4-5-9-23-17/h4-6,9-10,13,16,18H,7-8,11-12,14-15H2,1-3H3,(H,25,30)/t18-/m1/s1. The van der Waals surface area contributed by atoms with Crippen molar-refractivity contribution in [3.8, 4) is 0 Å². The molecule has 2 aliphatic rings. The molecule has 2 aliphatic heterocycles. The first-order chi connectivity index (χ1) is 14.9. The molecular weight excluding hydrogens is 396 g/mol. The maximum absolute atomic E-state index is 13.2. The molecule has 1 spiro atoms. The van der Waals surface area contributed by atoms with Gasteiger partial charge in [-0.1, -0.05) is 6.07 Å². The number of hydrogen-bond donors (Lipinski definition) is 1. The number of likely N-dealkylation sites (N-methyl/N-ethyl adjacent to an activating group) is 1. The molecule has 2 aromatic rings. The number of carbonyl (C=O) groups excluding carboxylic acids is 2. The molecule has 4 rings (SSSR count). The molecule has 3 amide bonds. The van der Waals surface area contributed by atoms with Gasteiger partial charge in [-0.15, -0.1) is 0 Å². The predicted octanol–water partition coefficient (Wildman–Crippen LogP) is 1.74. The van der Waals surface area contributed by atoms with Crippen LogP contribution in [0.15, 0.2) is 36.8 Å². The summed E-state index contributed by atoms with van der Waals surface area (Å²) in [6, 6.07) is 5.69. The van der Waals surface area contributed by atoms with Crippen LogP contribution in [-0.4, -0.2) is 68.6 Å². The maximum atomic E-state index is 13.2. The minimum Gasteiger partial charge on any atom is -0.352 e. The molecule has 0 saturated carbocycles. The number of fused-ring (bicyclic) bond motifs is 2. The fourth-order valence-electron chi connectivity index (χ4n) is 4.33. The van der Waals surface area contributed by atoms with Crippen molar-refractivity contribution in [1.29, 1.82) is 0 Å². The van der Waals surface area contributed by atoms with Gasteiger partial charge in [0, 0.05) is 57.6 Å². The highest BCUT2D eigenvalue weighted by Gasteiger charge is 2.48. The molecular formula is C22H30N6O3. The van der Waals surface area contributed by atoms with Gasteiger partial charge in [0.05, 0.1) is 18.8 Å². The molecule has 4 heterocycles. The van der Waals surface area contributed by atoms with Crippen LogP contribution in [0.1, 0.15) is 38.2 Å². The van der Waals surface area contributed by atoms with Gasteiger partial charge in [-0.2, -0.15) is 0 Å². The molecule has 0 radical (unpaired) electrons. The molecule has 1 atom stereocenters. The molecule has 1 N–H and O–H groups in total. The number of likely N-dealkylation sites (tertiary alicyclic amines) is 1. The van der Waals surface area contributed by atoms with Crippen LogP contribution < -0.4 is 5.32 Å². The molecule has 1 saturated heterocycles. The van der Waals surface area contributed by atoms with E-state index in [9.17, 15) is 9.59 Å². The third kappa shape index (κ3) is 4.41. The number of nitrogens with one attached hydrogen (secondary N) is 1. The van der Waals surface area contributed by atoms with Crippen LogP contribution in [0.25, 0.3) is 0 Å². The van der Waals surface area contributed by atoms with Crippen LogP contribution >= 0.6 is 0 Å². The smallest absolute Gasteiger partial charge is 0.317 e. The van der Waals surface area contributed by atoms with Crippen molar-refractivity contribution >= 4 is 11.9 Å². The number of amides is 3. The first kappa shape index (κ1) is 21.3. The molecule has 1 fully saturated rings. The first-order valence-corrected chi connectivity index (χ1v) is 10.8. The fourth-order valence-corrected chi connectivity index (χ4v) is 4.33. The predicted molar refractivity (Wildman–Crippen MR) is 114 cm³/mol. The Morgan fingerprint density at radius 1 is 1.26 bits per heavy atom. The van der Waals surface area contributed by atoms with Crippen LogP contribution in [0.3, 0.4) is 0 Å². The van der Waals surface area contributed by atoms with E-state index in [1.165, 1.54) is 0 Å². The number of urea groups is 1. The number of aromatic nitrogens is 3. The summed E-state index contributed by atoms with van der Waals surface area (Å²) in [6.07, 6.45) is 5.97. The number of ether oxygens (including phenoxy) is 1. The Kier molecular flexibility index (Phi) is 5.95. The minimum atomic E-state index is -0.664. The highest BCUT2D eigenvalue weighted by Crippen LogP contribution is 2.40. The first-order valence-electron chi connectivity index (χ1n) is 10.8. The molecule has 0 unspecified atom stereocenters. The molecule has 9 heteroatoms. The van der Waals surface area contributed by atoms with E-state index in [2.05, 4.69) is 15.3 Å². The van der Waals surface area contributed by atoms with Crippen molar-refractivity contribution < 1.29 is 14.3 Å². The summed E-state index contributed by atoms with van der Waals surface area (Å²) in [4.78, 5) is 37.9. The van der Waals surface area contributed by atoms with Gasteiger partial charge in [-0.3, -0.25) is 9.78 Å². The molecule has 166 valence electrons. The molecule has 0 bridgehead atoms. The zero-order valence-corrected chi connectivity index (χ0v) is 18.3. The lowest BCUT2D eigenvalue weighted by molar-refractivity contribution is -0.179. The average molecular weight is 427 g/mol. The Hall–Kier alpha value is -2.94. The van der Waals surface area contributed by atoms with Gasteiger partial charge in [0.15, 0.2) is 6.10 Å². The van der Waals surface area contributed by atoms with Crippen molar-refractivity contribution in [3.63, 3.8) is 0 Å². The highest BCUT2D eigenvalue weighted by molar-refractivity contribution is 5.81. The van der Waals surface area contributed by atoms with Gasteiger partial charge in [0.1, 0.15) is 11.4 Å². The fraction of sp³-hybridized carbons (Fsp3) is 0.545. The van der Waals surface area contributed by atoms with E-state index in [0.717, 1.165) is 11.5 Å². The Morgan fingerprint density at radius 3 is 2.71 bits per heavy atom. The van der Waals surface area contributed by atoms with E-state index < -0.39 is 11.7 Å². The Morgan fingerprint density at radius 2 is 2.03 bits per heavy atom. The molecule has 0 aliphatic carbocycles. The Bertz CT molecular complexity index is 920. The lowest BCUT2D eigenvalue weighted by atomic mass is 9.88. The van der Waals surface area contributed by atoms with Crippen molar-refractivity contribution in [2.75, 3.05) is 20.1 Å². The molecule has 0 aromatic carbocycles. The van der Waals surface area contributed by atoms with Crippen LogP contribution in [0.2, 0.25) is 0 Å². The number of carbonyl (C=O) groups is 2. The summed E-state index contributed by atoms with van der Waals surface area (Å²) >= 11 is 0. The number of rotatable bonds is 4. The third-order valence-electron chi connectivity index (χ3n) is 5.90. The van der Waals surface area contributed by atoms with E-state index in [0.29, 0.717) is 39.0 Å². The Balaban J connectivity index is 1.47. The summed E-state index contributed by atoms with van der Waals surface area (Å²) in [5, 5.41) is 2.94. The summed E-state index contributed by atoms with van der Waals surface area (Å²) in [5.74, 6) is 0.761. The number of nitrogens with zero attached hydrogens (tertiary/aromatic N) is 5. The molecule has 31 heavy (non-hydrogen) atoms. The second-order valence-corrected chi connectivity index (χ2v) is 8.61.